The molecule has 4 aromatic rings. The molecule has 1 aromatic heterocycles. The van der Waals surface area contributed by atoms with Crippen molar-refractivity contribution >= 4 is 40.1 Å². The molecule has 228 valence electrons. The Morgan fingerprint density at radius 3 is 2.11 bits per heavy atom. The van der Waals surface area contributed by atoms with E-state index in [9.17, 15) is 19.5 Å². The van der Waals surface area contributed by atoms with Crippen molar-refractivity contribution in [2.75, 3.05) is 32.0 Å². The largest absolute Gasteiger partial charge is 0.391 e. The average Bonchev–Trinajstić information content (AvgIpc) is 3.60. The Labute approximate surface area is 261 Å². The molecule has 2 fully saturated rings. The number of nitrogens with zero attached hydrogens (tertiary/aromatic N) is 4. The zero-order valence-electron chi connectivity index (χ0n) is 24.8. The molecule has 44 heavy (non-hydrogen) atoms. The summed E-state index contributed by atoms with van der Waals surface area (Å²) in [5.41, 5.74) is 3.15. The van der Waals surface area contributed by atoms with Gasteiger partial charge in [0.1, 0.15) is 0 Å². The molecule has 3 atom stereocenters. The number of Topliss-reactive ketones (excluding diaryl/α,β-unsaturated/α-hetero) is 1. The highest BCUT2D eigenvalue weighted by Crippen LogP contribution is 2.35. The van der Waals surface area contributed by atoms with Gasteiger partial charge in [-0.2, -0.15) is 0 Å². The number of β-amino-alcohol motifs (C(OH)–C–C–N with tert-alkyl or cyclic N) is 1. The van der Waals surface area contributed by atoms with E-state index in [1.807, 2.05) is 48.2 Å². The van der Waals surface area contributed by atoms with Gasteiger partial charge in [-0.25, -0.2) is 0 Å². The molecule has 3 aromatic carbocycles. The molecular weight excluding hydrogens is 578 g/mol. The van der Waals surface area contributed by atoms with Crippen molar-refractivity contribution in [2.45, 2.75) is 44.5 Å². The third kappa shape index (κ3) is 5.47. The molecule has 0 spiro atoms. The third-order valence-electron chi connectivity index (χ3n) is 8.90. The van der Waals surface area contributed by atoms with E-state index >= 15 is 0 Å². The monoisotopic (exact) mass is 613 g/mol. The molecule has 3 N–H and O–H groups in total. The molecule has 2 amide bonds. The Balaban J connectivity index is 1.29. The number of benzene rings is 3. The molecule has 2 saturated heterocycles. The number of fused-ring (bicyclic) bond motifs is 1. The summed E-state index contributed by atoms with van der Waals surface area (Å²) in [7, 11) is 0. The Bertz CT molecular complexity index is 1670. The zero-order valence-corrected chi connectivity index (χ0v) is 25.5. The first-order chi connectivity index (χ1) is 21.1. The van der Waals surface area contributed by atoms with E-state index < -0.39 is 17.8 Å². The number of halogens is 1. The minimum absolute atomic E-state index is 0.0266. The van der Waals surface area contributed by atoms with Crippen molar-refractivity contribution < 1.29 is 19.5 Å². The average molecular weight is 614 g/mol. The SMILES string of the molecule is C[C@@H]1CN(C(c2ccccc2)c2ccccc2)[C@@H](C)CN1C(=O)c1cc2c(C(=O)C(=O)N3CC[C@@H](O)C3)cn(N)c2cc1Cl. The second-order valence-corrected chi connectivity index (χ2v) is 12.3. The second-order valence-electron chi connectivity index (χ2n) is 11.9. The van der Waals surface area contributed by atoms with Gasteiger partial charge in [-0.3, -0.25) is 24.0 Å². The maximum Gasteiger partial charge on any atom is 0.295 e. The van der Waals surface area contributed by atoms with Gasteiger partial charge < -0.3 is 20.7 Å². The van der Waals surface area contributed by atoms with Gasteiger partial charge in [0, 0.05) is 49.8 Å². The van der Waals surface area contributed by atoms with Gasteiger partial charge in [0.2, 0.25) is 0 Å². The number of aromatic nitrogens is 1. The highest BCUT2D eigenvalue weighted by Gasteiger charge is 2.38. The first kappa shape index (κ1) is 29.9. The fourth-order valence-electron chi connectivity index (χ4n) is 6.60. The van der Waals surface area contributed by atoms with Crippen molar-refractivity contribution in [2.24, 2.45) is 0 Å². The molecule has 2 aliphatic heterocycles. The van der Waals surface area contributed by atoms with Crippen molar-refractivity contribution in [1.82, 2.24) is 19.4 Å². The number of aliphatic hydroxyl groups is 1. The van der Waals surface area contributed by atoms with Crippen LogP contribution in [0.15, 0.2) is 79.0 Å². The molecule has 0 unspecified atom stereocenters. The topological polar surface area (TPSA) is 112 Å². The van der Waals surface area contributed by atoms with Gasteiger partial charge in [0.15, 0.2) is 0 Å². The highest BCUT2D eigenvalue weighted by molar-refractivity contribution is 6.45. The van der Waals surface area contributed by atoms with Crippen LogP contribution in [-0.2, 0) is 4.79 Å². The summed E-state index contributed by atoms with van der Waals surface area (Å²) in [6.07, 6.45) is 1.16. The van der Waals surface area contributed by atoms with Gasteiger partial charge in [-0.05, 0) is 43.5 Å². The first-order valence-corrected chi connectivity index (χ1v) is 15.3. The lowest BCUT2D eigenvalue weighted by atomic mass is 9.93. The molecule has 2 aliphatic rings. The van der Waals surface area contributed by atoms with Crippen LogP contribution in [0.3, 0.4) is 0 Å². The Morgan fingerprint density at radius 2 is 1.52 bits per heavy atom. The molecule has 0 saturated carbocycles. The molecule has 10 heteroatoms. The van der Waals surface area contributed by atoms with Crippen LogP contribution >= 0.6 is 11.6 Å². The number of aliphatic hydroxyl groups excluding tert-OH is 1. The standard InChI is InChI=1S/C34H36ClN5O4/c1-21-18-39(22(2)17-38(21)31(23-9-5-3-6-10-23)24-11-7-4-8-12-24)33(43)27-15-26-28(20-40(36)30(26)16-29(27)35)32(42)34(44)37-14-13-25(41)19-37/h3-12,15-16,20-22,25,31,41H,13-14,17-19,36H2,1-2H3/t21-,22+,25+/m0/s1. The smallest absolute Gasteiger partial charge is 0.295 e. The normalized spacial score (nSPS) is 20.9. The number of hydrogen-bond donors (Lipinski definition) is 2. The fraction of sp³-hybridized carbons (Fsp3) is 0.324. The van der Waals surface area contributed by atoms with E-state index in [2.05, 4.69) is 36.1 Å². The van der Waals surface area contributed by atoms with Crippen LogP contribution in [0.2, 0.25) is 5.02 Å². The molecular formula is C34H36ClN5O4. The number of nitrogen functional groups attached to an aromatic ring is 1. The van der Waals surface area contributed by atoms with Crippen LogP contribution in [0.5, 0.6) is 0 Å². The van der Waals surface area contributed by atoms with E-state index in [1.54, 1.807) is 12.1 Å². The van der Waals surface area contributed by atoms with Gasteiger partial charge >= 0.3 is 0 Å². The molecule has 6 rings (SSSR count). The fourth-order valence-corrected chi connectivity index (χ4v) is 6.84. The Hall–Kier alpha value is -4.18. The van der Waals surface area contributed by atoms with Crippen molar-refractivity contribution in [1.29, 1.82) is 0 Å². The quantitative estimate of drug-likeness (QED) is 0.192. The predicted molar refractivity (Wildman–Crippen MR) is 170 cm³/mol. The third-order valence-corrected chi connectivity index (χ3v) is 9.21. The summed E-state index contributed by atoms with van der Waals surface area (Å²) in [6, 6.07) is 23.8. The van der Waals surface area contributed by atoms with Crippen LogP contribution in [0.1, 0.15) is 58.2 Å². The lowest BCUT2D eigenvalue weighted by Crippen LogP contribution is -2.58. The number of rotatable bonds is 6. The second kappa shape index (κ2) is 12.1. The van der Waals surface area contributed by atoms with Crippen LogP contribution in [-0.4, -0.2) is 86.4 Å². The molecule has 0 radical (unpaired) electrons. The number of ketones is 1. The van der Waals surface area contributed by atoms with Gasteiger partial charge in [-0.1, -0.05) is 72.3 Å². The Morgan fingerprint density at radius 1 is 0.886 bits per heavy atom. The number of carbonyl (C=O) groups is 3. The first-order valence-electron chi connectivity index (χ1n) is 14.9. The van der Waals surface area contributed by atoms with Crippen LogP contribution < -0.4 is 5.84 Å². The molecule has 0 bridgehead atoms. The van der Waals surface area contributed by atoms with Gasteiger partial charge in [0.25, 0.3) is 17.6 Å². The lowest BCUT2D eigenvalue weighted by molar-refractivity contribution is -0.125. The molecule has 9 nitrogen and oxygen atoms in total. The number of piperazine rings is 1. The van der Waals surface area contributed by atoms with E-state index in [1.165, 1.54) is 26.9 Å². The van der Waals surface area contributed by atoms with Crippen LogP contribution in [0.4, 0.5) is 0 Å². The van der Waals surface area contributed by atoms with E-state index in [-0.39, 0.29) is 46.7 Å². The maximum atomic E-state index is 14.1. The minimum atomic E-state index is -0.738. The van der Waals surface area contributed by atoms with Crippen molar-refractivity contribution in [3.63, 3.8) is 0 Å². The molecule has 3 heterocycles. The molecule has 0 aliphatic carbocycles. The number of carbonyl (C=O) groups excluding carboxylic acids is 3. The van der Waals surface area contributed by atoms with E-state index in [0.717, 1.165) is 0 Å². The Kier molecular flexibility index (Phi) is 8.20. The van der Waals surface area contributed by atoms with Gasteiger partial charge in [-0.15, -0.1) is 0 Å². The summed E-state index contributed by atoms with van der Waals surface area (Å²) >= 11 is 6.67. The summed E-state index contributed by atoms with van der Waals surface area (Å²) in [6.45, 7) is 5.69. The van der Waals surface area contributed by atoms with Crippen LogP contribution in [0.25, 0.3) is 10.9 Å². The number of amides is 2. The van der Waals surface area contributed by atoms with Crippen molar-refractivity contribution in [3.8, 4) is 0 Å². The zero-order chi connectivity index (χ0) is 31.1. The van der Waals surface area contributed by atoms with Crippen molar-refractivity contribution in [3.05, 3.63) is 106 Å². The summed E-state index contributed by atoms with van der Waals surface area (Å²) in [4.78, 5) is 46.0. The highest BCUT2D eigenvalue weighted by atomic mass is 35.5. The number of hydrogen-bond acceptors (Lipinski definition) is 6. The maximum absolute atomic E-state index is 14.1. The summed E-state index contributed by atoms with van der Waals surface area (Å²) < 4.78 is 1.24. The van der Waals surface area contributed by atoms with E-state index in [4.69, 9.17) is 17.4 Å². The number of nitrogens with two attached hydrogens (primary N) is 1. The van der Waals surface area contributed by atoms with Gasteiger partial charge in [0.05, 0.1) is 33.8 Å². The lowest BCUT2D eigenvalue weighted by Gasteiger charge is -2.47. The van der Waals surface area contributed by atoms with E-state index in [0.29, 0.717) is 37.0 Å². The van der Waals surface area contributed by atoms with Crippen LogP contribution in [0, 0.1) is 0 Å². The predicted octanol–water partition coefficient (Wildman–Crippen LogP) is 4.11. The summed E-state index contributed by atoms with van der Waals surface area (Å²) in [5.74, 6) is 4.46. The number of likely N-dealkylation sites (tertiary alicyclic amines) is 1. The minimum Gasteiger partial charge on any atom is -0.391 e. The summed E-state index contributed by atoms with van der Waals surface area (Å²) in [5, 5.41) is 10.4.